The van der Waals surface area contributed by atoms with Gasteiger partial charge in [-0.15, -0.1) is 0 Å². The van der Waals surface area contributed by atoms with Crippen molar-refractivity contribution in [1.29, 1.82) is 0 Å². The Balaban J connectivity index is 1.38. The summed E-state index contributed by atoms with van der Waals surface area (Å²) in [6, 6.07) is 2.74. The Morgan fingerprint density at radius 3 is 2.54 bits per heavy atom. The minimum absolute atomic E-state index is 0.0131. The maximum absolute atomic E-state index is 14.5. The first-order valence-electron chi connectivity index (χ1n) is 12.2. The van der Waals surface area contributed by atoms with Gasteiger partial charge in [0.05, 0.1) is 18.3 Å². The van der Waals surface area contributed by atoms with Gasteiger partial charge < -0.3 is 19.7 Å². The lowest BCUT2D eigenvalue weighted by atomic mass is 10.2. The lowest BCUT2D eigenvalue weighted by molar-refractivity contribution is 0.311. The van der Waals surface area contributed by atoms with Gasteiger partial charge >= 0.3 is 0 Å². The van der Waals surface area contributed by atoms with Crippen LogP contribution in [0.3, 0.4) is 0 Å². The Hall–Kier alpha value is -3.34. The predicted octanol–water partition coefficient (Wildman–Crippen LogP) is 3.57. The molecule has 9 nitrogen and oxygen atoms in total. The quantitative estimate of drug-likeness (QED) is 0.451. The summed E-state index contributed by atoms with van der Waals surface area (Å²) in [5.74, 6) is 0.515. The number of nitrogens with zero attached hydrogens (tertiary/aromatic N) is 8. The molecule has 4 heterocycles. The number of halogens is 2. The number of rotatable bonds is 6. The van der Waals surface area contributed by atoms with Gasteiger partial charge in [-0.1, -0.05) is 0 Å². The molecule has 2 aliphatic rings. The molecular formula is C24H29F2N9. The fourth-order valence-corrected chi connectivity index (χ4v) is 4.84. The van der Waals surface area contributed by atoms with Gasteiger partial charge in [0, 0.05) is 37.8 Å². The number of fused-ring (bicyclic) bond motifs is 2. The minimum Gasteiger partial charge on any atom is -0.347 e. The first-order valence-corrected chi connectivity index (χ1v) is 12.2. The Bertz CT molecular complexity index is 1400. The maximum atomic E-state index is 14.5. The van der Waals surface area contributed by atoms with E-state index >= 15 is 0 Å². The van der Waals surface area contributed by atoms with E-state index in [0.29, 0.717) is 29.2 Å². The molecule has 4 aromatic rings. The van der Waals surface area contributed by atoms with Crippen LogP contribution in [0.15, 0.2) is 18.3 Å². The number of piperazine rings is 1. The minimum atomic E-state index is -0.925. The molecule has 35 heavy (non-hydrogen) atoms. The zero-order chi connectivity index (χ0) is 24.3. The molecule has 1 aliphatic heterocycles. The molecule has 1 saturated heterocycles. The normalized spacial score (nSPS) is 17.3. The third-order valence-corrected chi connectivity index (χ3v) is 6.93. The Labute approximate surface area is 201 Å². The second kappa shape index (κ2) is 8.40. The lowest BCUT2D eigenvalue weighted by Gasteiger charge is -2.32. The molecule has 1 aromatic carbocycles. The van der Waals surface area contributed by atoms with Gasteiger partial charge in [0.15, 0.2) is 17.3 Å². The van der Waals surface area contributed by atoms with Crippen molar-refractivity contribution >= 4 is 28.6 Å². The number of imidazole rings is 1. The number of hydrogen-bond acceptors (Lipinski definition) is 7. The van der Waals surface area contributed by atoms with Crippen molar-refractivity contribution in [3.8, 4) is 0 Å². The summed E-state index contributed by atoms with van der Waals surface area (Å²) in [6.07, 6.45) is 4.19. The zero-order valence-electron chi connectivity index (χ0n) is 20.2. The summed E-state index contributed by atoms with van der Waals surface area (Å²) in [6.45, 7) is 7.88. The van der Waals surface area contributed by atoms with Crippen LogP contribution in [0.1, 0.15) is 50.0 Å². The lowest BCUT2D eigenvalue weighted by Crippen LogP contribution is -2.45. The highest BCUT2D eigenvalue weighted by Gasteiger charge is 2.29. The number of anilines is 2. The third-order valence-electron chi connectivity index (χ3n) is 6.93. The molecule has 0 amide bonds. The van der Waals surface area contributed by atoms with E-state index in [1.165, 1.54) is 0 Å². The van der Waals surface area contributed by atoms with Gasteiger partial charge in [0.1, 0.15) is 11.3 Å². The molecule has 1 N–H and O–H groups in total. The first-order chi connectivity index (χ1) is 16.9. The van der Waals surface area contributed by atoms with Gasteiger partial charge in [-0.3, -0.25) is 0 Å². The summed E-state index contributed by atoms with van der Waals surface area (Å²) in [5.41, 5.74) is 2.58. The van der Waals surface area contributed by atoms with Crippen LogP contribution < -0.4 is 10.2 Å². The fraction of sp³-hybridized carbons (Fsp3) is 0.500. The third kappa shape index (κ3) is 3.87. The van der Waals surface area contributed by atoms with Gasteiger partial charge in [0.25, 0.3) is 0 Å². The number of benzene rings is 1. The number of hydrogen-bond donors (Lipinski definition) is 1. The van der Waals surface area contributed by atoms with E-state index in [-0.39, 0.29) is 18.1 Å². The van der Waals surface area contributed by atoms with Crippen LogP contribution in [0.2, 0.25) is 0 Å². The van der Waals surface area contributed by atoms with Gasteiger partial charge in [-0.05, 0) is 51.8 Å². The second-order valence-corrected chi connectivity index (χ2v) is 9.82. The second-order valence-electron chi connectivity index (χ2n) is 9.82. The molecule has 0 radical (unpaired) electrons. The summed E-state index contributed by atoms with van der Waals surface area (Å²) >= 11 is 0. The molecule has 0 atom stereocenters. The molecular weight excluding hydrogens is 452 g/mol. The molecule has 1 saturated carbocycles. The maximum Gasteiger partial charge on any atom is 0.230 e. The number of aromatic nitrogens is 6. The Morgan fingerprint density at radius 1 is 1.06 bits per heavy atom. The predicted molar refractivity (Wildman–Crippen MR) is 130 cm³/mol. The largest absolute Gasteiger partial charge is 0.347 e. The van der Waals surface area contributed by atoms with Crippen LogP contribution in [0.25, 0.3) is 16.7 Å². The molecule has 0 bridgehead atoms. The van der Waals surface area contributed by atoms with E-state index in [1.807, 2.05) is 24.6 Å². The van der Waals surface area contributed by atoms with Crippen molar-refractivity contribution in [2.75, 3.05) is 43.4 Å². The van der Waals surface area contributed by atoms with E-state index in [0.717, 1.165) is 56.3 Å². The van der Waals surface area contributed by atoms with E-state index in [1.54, 1.807) is 10.6 Å². The number of likely N-dealkylation sites (N-methyl/N-ethyl adjacent to an activating group) is 1. The highest BCUT2D eigenvalue weighted by molar-refractivity contribution is 5.77. The van der Waals surface area contributed by atoms with Crippen molar-refractivity contribution < 1.29 is 8.78 Å². The monoisotopic (exact) mass is 481 g/mol. The van der Waals surface area contributed by atoms with Gasteiger partial charge in [0.2, 0.25) is 11.9 Å². The zero-order valence-corrected chi connectivity index (χ0v) is 20.2. The fourth-order valence-electron chi connectivity index (χ4n) is 4.84. The van der Waals surface area contributed by atoms with Crippen LogP contribution >= 0.6 is 0 Å². The van der Waals surface area contributed by atoms with Crippen LogP contribution in [0, 0.1) is 11.6 Å². The van der Waals surface area contributed by atoms with Crippen molar-refractivity contribution in [2.24, 2.45) is 0 Å². The average Bonchev–Trinajstić information content (AvgIpc) is 3.47. The van der Waals surface area contributed by atoms with Gasteiger partial charge in [-0.2, -0.15) is 19.6 Å². The van der Waals surface area contributed by atoms with Crippen molar-refractivity contribution in [2.45, 2.75) is 45.2 Å². The molecule has 3 aromatic heterocycles. The van der Waals surface area contributed by atoms with Gasteiger partial charge in [-0.25, -0.2) is 13.8 Å². The van der Waals surface area contributed by atoms with Crippen LogP contribution in [-0.4, -0.2) is 67.3 Å². The Kier molecular flexibility index (Phi) is 5.32. The summed E-state index contributed by atoms with van der Waals surface area (Å²) in [5, 5.41) is 7.95. The summed E-state index contributed by atoms with van der Waals surface area (Å²) < 4.78 is 32.0. The SMILES string of the molecule is CC(C)n1c(CNc2nc(N3CCN(C)CC3)nc3c(C4CC4)cnn23)nc2c(F)c(F)ccc21. The van der Waals surface area contributed by atoms with E-state index in [4.69, 9.17) is 9.97 Å². The van der Waals surface area contributed by atoms with Crippen LogP contribution in [-0.2, 0) is 6.54 Å². The molecule has 184 valence electrons. The molecule has 1 aliphatic carbocycles. The van der Waals surface area contributed by atoms with Crippen molar-refractivity contribution in [3.05, 3.63) is 41.4 Å². The molecule has 2 fully saturated rings. The smallest absolute Gasteiger partial charge is 0.230 e. The van der Waals surface area contributed by atoms with E-state index in [2.05, 4.69) is 32.2 Å². The highest BCUT2D eigenvalue weighted by Crippen LogP contribution is 2.42. The standard InChI is InChI=1S/C24H29F2N9/c1-14(2)34-18-7-6-17(25)20(26)21(18)29-19(34)13-27-23-31-24(33-10-8-32(3)9-11-33)30-22-16(15-4-5-15)12-28-35(22)23/h6-7,12,14-15H,4-5,8-11,13H2,1-3H3,(H,27,30,31). The van der Waals surface area contributed by atoms with Crippen molar-refractivity contribution in [3.63, 3.8) is 0 Å². The van der Waals surface area contributed by atoms with Crippen molar-refractivity contribution in [1.82, 2.24) is 34.0 Å². The molecule has 6 rings (SSSR count). The molecule has 11 heteroatoms. The van der Waals surface area contributed by atoms with Crippen LogP contribution in [0.4, 0.5) is 20.7 Å². The van der Waals surface area contributed by atoms with E-state index in [9.17, 15) is 8.78 Å². The summed E-state index contributed by atoms with van der Waals surface area (Å²) in [4.78, 5) is 18.7. The van der Waals surface area contributed by atoms with E-state index < -0.39 is 11.6 Å². The molecule has 0 spiro atoms. The summed E-state index contributed by atoms with van der Waals surface area (Å²) in [7, 11) is 2.12. The highest BCUT2D eigenvalue weighted by atomic mass is 19.2. The van der Waals surface area contributed by atoms with Crippen LogP contribution in [0.5, 0.6) is 0 Å². The first kappa shape index (κ1) is 22.1. The number of nitrogens with one attached hydrogen (secondary N) is 1. The Morgan fingerprint density at radius 2 is 1.83 bits per heavy atom. The molecule has 0 unspecified atom stereocenters. The topological polar surface area (TPSA) is 79.4 Å². The average molecular weight is 482 g/mol.